The highest BCUT2D eigenvalue weighted by Gasteiger charge is 2.34. The molecule has 0 saturated heterocycles. The molecule has 0 unspecified atom stereocenters. The number of aromatic nitrogens is 6. The third-order valence-corrected chi connectivity index (χ3v) is 6.60. The topological polar surface area (TPSA) is 127 Å². The van der Waals surface area contributed by atoms with Crippen LogP contribution in [-0.4, -0.2) is 59.8 Å². The van der Waals surface area contributed by atoms with Crippen LogP contribution in [0.5, 0.6) is 0 Å². The summed E-state index contributed by atoms with van der Waals surface area (Å²) in [4.78, 5) is 31.6. The molecule has 1 aliphatic heterocycles. The average Bonchev–Trinajstić information content (AvgIpc) is 3.52. The third-order valence-electron chi connectivity index (χ3n) is 6.60. The molecule has 4 aromatic rings. The minimum Gasteiger partial charge on any atom is -0.441 e. The van der Waals surface area contributed by atoms with Gasteiger partial charge in [-0.25, -0.2) is 15.0 Å². The summed E-state index contributed by atoms with van der Waals surface area (Å²) in [5.41, 5.74) is 2.23. The molecule has 1 aromatic carbocycles. The Bertz CT molecular complexity index is 1540. The van der Waals surface area contributed by atoms with E-state index in [1.807, 2.05) is 20.8 Å². The Labute approximate surface area is 234 Å². The maximum absolute atomic E-state index is 13.4. The Morgan fingerprint density at radius 1 is 1.15 bits per heavy atom. The quantitative estimate of drug-likeness (QED) is 0.344. The lowest BCUT2D eigenvalue weighted by atomic mass is 9.93. The number of carbonyl (C=O) groups excluding carboxylic acids is 1. The Morgan fingerprint density at radius 3 is 2.63 bits per heavy atom. The summed E-state index contributed by atoms with van der Waals surface area (Å²) in [6.45, 7) is 4.93. The van der Waals surface area contributed by atoms with Crippen molar-refractivity contribution in [1.29, 1.82) is 0 Å². The van der Waals surface area contributed by atoms with Gasteiger partial charge in [0.1, 0.15) is 12.6 Å². The lowest BCUT2D eigenvalue weighted by Gasteiger charge is -2.22. The maximum atomic E-state index is 13.4. The van der Waals surface area contributed by atoms with Crippen LogP contribution in [0, 0.1) is 0 Å². The molecule has 1 aliphatic rings. The number of amides is 1. The van der Waals surface area contributed by atoms with Gasteiger partial charge >= 0.3 is 12.1 Å². The molecular formula is C27H30F3N9O2. The van der Waals surface area contributed by atoms with Crippen molar-refractivity contribution in [3.8, 4) is 11.4 Å². The summed E-state index contributed by atoms with van der Waals surface area (Å²) in [6, 6.07) is 6.52. The molecule has 216 valence electrons. The van der Waals surface area contributed by atoms with E-state index in [0.717, 1.165) is 0 Å². The molecule has 0 fully saturated rings. The second kappa shape index (κ2) is 10.9. The molecule has 1 amide bonds. The van der Waals surface area contributed by atoms with Gasteiger partial charge in [0.2, 0.25) is 5.95 Å². The van der Waals surface area contributed by atoms with Gasteiger partial charge in [-0.1, -0.05) is 32.9 Å². The number of carbonyl (C=O) groups is 1. The van der Waals surface area contributed by atoms with E-state index in [4.69, 9.17) is 4.42 Å². The van der Waals surface area contributed by atoms with Crippen LogP contribution in [0.3, 0.4) is 0 Å². The molecular weight excluding hydrogens is 539 g/mol. The minimum absolute atomic E-state index is 0.0341. The maximum Gasteiger partial charge on any atom is 0.401 e. The highest BCUT2D eigenvalue weighted by Crippen LogP contribution is 2.32. The summed E-state index contributed by atoms with van der Waals surface area (Å²) in [5.74, 6) is 0.528. The molecule has 0 aliphatic carbocycles. The van der Waals surface area contributed by atoms with Crippen LogP contribution in [0.1, 0.15) is 60.7 Å². The van der Waals surface area contributed by atoms with Crippen molar-refractivity contribution in [3.63, 3.8) is 0 Å². The van der Waals surface area contributed by atoms with E-state index < -0.39 is 24.7 Å². The van der Waals surface area contributed by atoms with E-state index in [1.165, 1.54) is 17.5 Å². The van der Waals surface area contributed by atoms with E-state index in [9.17, 15) is 18.0 Å². The van der Waals surface area contributed by atoms with Crippen molar-refractivity contribution in [2.45, 2.75) is 51.4 Å². The van der Waals surface area contributed by atoms with Crippen LogP contribution in [0.4, 0.5) is 24.9 Å². The zero-order chi connectivity index (χ0) is 29.4. The largest absolute Gasteiger partial charge is 0.441 e. The Kier molecular flexibility index (Phi) is 7.51. The molecule has 11 nitrogen and oxygen atoms in total. The molecule has 0 saturated carbocycles. The number of fused-ring (bicyclic) bond motifs is 1. The molecule has 0 radical (unpaired) electrons. The zero-order valence-corrected chi connectivity index (χ0v) is 23.0. The first-order chi connectivity index (χ1) is 19.3. The summed E-state index contributed by atoms with van der Waals surface area (Å²) < 4.78 is 47.2. The van der Waals surface area contributed by atoms with Gasteiger partial charge in [-0.15, -0.1) is 0 Å². The van der Waals surface area contributed by atoms with E-state index in [0.29, 0.717) is 34.0 Å². The highest BCUT2D eigenvalue weighted by atomic mass is 19.4. The first kappa shape index (κ1) is 28.2. The molecule has 41 heavy (non-hydrogen) atoms. The lowest BCUT2D eigenvalue weighted by Crippen LogP contribution is -2.35. The van der Waals surface area contributed by atoms with E-state index >= 15 is 0 Å². The monoisotopic (exact) mass is 569 g/mol. The number of halogens is 3. The number of nitrogens with zero attached hydrogens (tertiary/aromatic N) is 7. The van der Waals surface area contributed by atoms with E-state index in [1.54, 1.807) is 42.2 Å². The van der Waals surface area contributed by atoms with Crippen LogP contribution in [0.2, 0.25) is 0 Å². The van der Waals surface area contributed by atoms with Gasteiger partial charge in [0.25, 0.3) is 5.89 Å². The van der Waals surface area contributed by atoms with Crippen molar-refractivity contribution in [1.82, 2.24) is 39.9 Å². The summed E-state index contributed by atoms with van der Waals surface area (Å²) in [6.07, 6.45) is 0.456. The van der Waals surface area contributed by atoms with Gasteiger partial charge in [-0.2, -0.15) is 23.3 Å². The summed E-state index contributed by atoms with van der Waals surface area (Å²) in [7, 11) is 1.78. The minimum atomic E-state index is -4.37. The average molecular weight is 570 g/mol. The number of benzene rings is 1. The number of anilines is 2. The molecule has 2 N–H and O–H groups in total. The molecule has 1 atom stereocenters. The van der Waals surface area contributed by atoms with E-state index in [2.05, 4.69) is 35.7 Å². The Morgan fingerprint density at radius 2 is 1.95 bits per heavy atom. The smallest absolute Gasteiger partial charge is 0.401 e. The molecule has 0 spiro atoms. The van der Waals surface area contributed by atoms with Crippen LogP contribution < -0.4 is 10.6 Å². The van der Waals surface area contributed by atoms with Crippen LogP contribution >= 0.6 is 0 Å². The number of aryl methyl sites for hydroxylation is 1. The van der Waals surface area contributed by atoms with Crippen molar-refractivity contribution >= 4 is 17.7 Å². The number of hydrogen-bond donors (Lipinski definition) is 2. The molecule has 4 heterocycles. The number of hydrogen-bond acceptors (Lipinski definition) is 9. The van der Waals surface area contributed by atoms with Crippen LogP contribution in [-0.2, 0) is 19.0 Å². The van der Waals surface area contributed by atoms with Crippen LogP contribution in [0.15, 0.2) is 47.5 Å². The van der Waals surface area contributed by atoms with E-state index in [-0.39, 0.29) is 36.8 Å². The van der Waals surface area contributed by atoms with Gasteiger partial charge in [0.05, 0.1) is 18.3 Å². The fourth-order valence-electron chi connectivity index (χ4n) is 4.58. The predicted octanol–water partition coefficient (Wildman–Crippen LogP) is 4.54. The number of nitrogens with one attached hydrogen (secondary N) is 2. The van der Waals surface area contributed by atoms with Crippen LogP contribution in [0.25, 0.3) is 11.4 Å². The predicted molar refractivity (Wildman–Crippen MR) is 143 cm³/mol. The van der Waals surface area contributed by atoms with Crippen molar-refractivity contribution < 1.29 is 22.4 Å². The molecule has 14 heteroatoms. The van der Waals surface area contributed by atoms with Gasteiger partial charge in [0, 0.05) is 43.4 Å². The lowest BCUT2D eigenvalue weighted by molar-refractivity contribution is -0.147. The normalized spacial score (nSPS) is 16.2. The SMILES string of the molecule is Cn1ccc(Nc2ncnc(-c3ccc4c(c3)CN(CC(F)(F)F)CC[C@@H]4NC(=O)c3nc(C(C)(C)C)co3)n2)n1. The number of oxazole rings is 1. The standard InChI is InChI=1S/C27H30F3N9O2/c1-26(2,3)20-13-41-24(34-20)23(40)33-19-7-10-39(14-27(28,29)30)12-17-11-16(5-6-18(17)19)22-31-15-32-25(36-22)35-21-8-9-38(4)37-21/h5-6,8-9,11,13,15,19H,7,10,12,14H2,1-4H3,(H,33,40)(H,31,32,35,36,37)/t19-/m0/s1. The third kappa shape index (κ3) is 6.88. The Hall–Kier alpha value is -4.33. The second-order valence-electron chi connectivity index (χ2n) is 11.0. The van der Waals surface area contributed by atoms with Gasteiger partial charge in [0.15, 0.2) is 11.6 Å². The molecule has 0 bridgehead atoms. The highest BCUT2D eigenvalue weighted by molar-refractivity contribution is 5.90. The molecule has 5 rings (SSSR count). The van der Waals surface area contributed by atoms with Crippen molar-refractivity contribution in [2.75, 3.05) is 18.4 Å². The first-order valence-corrected chi connectivity index (χ1v) is 13.0. The number of alkyl halides is 3. The van der Waals surface area contributed by atoms with Crippen molar-refractivity contribution in [2.24, 2.45) is 7.05 Å². The first-order valence-electron chi connectivity index (χ1n) is 13.0. The fraction of sp³-hybridized carbons (Fsp3) is 0.407. The van der Waals surface area contributed by atoms with Gasteiger partial charge < -0.3 is 15.1 Å². The number of rotatable bonds is 6. The van der Waals surface area contributed by atoms with Crippen molar-refractivity contribution in [3.05, 3.63) is 65.8 Å². The van der Waals surface area contributed by atoms with Gasteiger partial charge in [-0.3, -0.25) is 14.4 Å². The van der Waals surface area contributed by atoms with Gasteiger partial charge in [-0.05, 0) is 23.6 Å². The zero-order valence-electron chi connectivity index (χ0n) is 23.0. The summed E-state index contributed by atoms with van der Waals surface area (Å²) >= 11 is 0. The fourth-order valence-corrected chi connectivity index (χ4v) is 4.58. The Balaban J connectivity index is 1.43. The second-order valence-corrected chi connectivity index (χ2v) is 11.0. The molecule has 3 aromatic heterocycles. The summed E-state index contributed by atoms with van der Waals surface area (Å²) in [5, 5.41) is 10.2.